The maximum atomic E-state index is 12.5. The molecule has 0 aliphatic rings. The van der Waals surface area contributed by atoms with Gasteiger partial charge in [-0.15, -0.1) is 0 Å². The highest BCUT2D eigenvalue weighted by molar-refractivity contribution is 7.89. The number of hydrogen-bond donors (Lipinski definition) is 2. The van der Waals surface area contributed by atoms with E-state index in [2.05, 4.69) is 15.0 Å². The molecule has 2 aromatic carbocycles. The summed E-state index contributed by atoms with van der Waals surface area (Å²) < 4.78 is 31.8. The quantitative estimate of drug-likeness (QED) is 0.495. The second-order valence-electron chi connectivity index (χ2n) is 5.80. The van der Waals surface area contributed by atoms with Gasteiger partial charge in [0.15, 0.2) is 5.13 Å². The first-order valence-electron chi connectivity index (χ1n) is 8.06. The zero-order chi connectivity index (χ0) is 19.9. The van der Waals surface area contributed by atoms with Crippen LogP contribution in [-0.2, 0) is 10.0 Å². The van der Waals surface area contributed by atoms with Crippen molar-refractivity contribution in [2.75, 3.05) is 12.4 Å². The molecule has 8 nitrogen and oxygen atoms in total. The summed E-state index contributed by atoms with van der Waals surface area (Å²) in [6.07, 6.45) is 0. The van der Waals surface area contributed by atoms with Gasteiger partial charge in [0.05, 0.1) is 15.1 Å². The van der Waals surface area contributed by atoms with Gasteiger partial charge in [0.1, 0.15) is 11.1 Å². The average Bonchev–Trinajstić information content (AvgIpc) is 3.08. The Bertz CT molecular complexity index is 1390. The van der Waals surface area contributed by atoms with Gasteiger partial charge in [-0.25, -0.2) is 22.9 Å². The van der Waals surface area contributed by atoms with Crippen molar-refractivity contribution in [3.63, 3.8) is 0 Å². The minimum atomic E-state index is -3.59. The monoisotopic (exact) mass is 415 g/mol. The van der Waals surface area contributed by atoms with Crippen LogP contribution in [-0.4, -0.2) is 26.4 Å². The predicted molar refractivity (Wildman–Crippen MR) is 106 cm³/mol. The van der Waals surface area contributed by atoms with Gasteiger partial charge >= 0.3 is 5.63 Å². The van der Waals surface area contributed by atoms with Gasteiger partial charge in [-0.05, 0) is 37.4 Å². The SMILES string of the molecule is CNS(=O)(=O)c1ccc2nc(NC(=O)c3cc4ccccc4oc3=O)sc2c1. The number of rotatable bonds is 4. The number of fused-ring (bicyclic) bond motifs is 2. The van der Waals surface area contributed by atoms with Crippen LogP contribution in [0.2, 0.25) is 0 Å². The Kier molecular flexibility index (Phi) is 4.46. The minimum Gasteiger partial charge on any atom is -0.422 e. The van der Waals surface area contributed by atoms with Gasteiger partial charge in [-0.1, -0.05) is 29.5 Å². The number of anilines is 1. The van der Waals surface area contributed by atoms with Crippen LogP contribution in [0.4, 0.5) is 5.13 Å². The van der Waals surface area contributed by atoms with E-state index in [1.165, 1.54) is 25.2 Å². The molecule has 1 amide bonds. The summed E-state index contributed by atoms with van der Waals surface area (Å²) in [6.45, 7) is 0. The van der Waals surface area contributed by atoms with E-state index in [0.29, 0.717) is 21.2 Å². The van der Waals surface area contributed by atoms with E-state index in [1.54, 1.807) is 30.3 Å². The lowest BCUT2D eigenvalue weighted by molar-refractivity contribution is 0.102. The van der Waals surface area contributed by atoms with Crippen LogP contribution in [0.25, 0.3) is 21.2 Å². The normalized spacial score (nSPS) is 11.8. The second-order valence-corrected chi connectivity index (χ2v) is 8.71. The molecular weight excluding hydrogens is 402 g/mol. The first-order chi connectivity index (χ1) is 13.4. The molecule has 0 spiro atoms. The predicted octanol–water partition coefficient (Wildman–Crippen LogP) is 2.56. The summed E-state index contributed by atoms with van der Waals surface area (Å²) in [7, 11) is -2.26. The topological polar surface area (TPSA) is 118 Å². The van der Waals surface area contributed by atoms with Crippen molar-refractivity contribution >= 4 is 53.6 Å². The van der Waals surface area contributed by atoms with Crippen LogP contribution in [0.15, 0.2) is 62.6 Å². The Morgan fingerprint density at radius 2 is 1.93 bits per heavy atom. The third kappa shape index (κ3) is 3.28. The number of amides is 1. The first-order valence-corrected chi connectivity index (χ1v) is 10.4. The Morgan fingerprint density at radius 1 is 1.14 bits per heavy atom. The molecular formula is C18H13N3O5S2. The van der Waals surface area contributed by atoms with E-state index in [4.69, 9.17) is 4.42 Å². The number of para-hydroxylation sites is 1. The number of sulfonamides is 1. The lowest BCUT2D eigenvalue weighted by atomic mass is 10.2. The smallest absolute Gasteiger partial charge is 0.349 e. The third-order valence-corrected chi connectivity index (χ3v) is 6.39. The number of hydrogen-bond acceptors (Lipinski definition) is 7. The number of benzene rings is 2. The van der Waals surface area contributed by atoms with Crippen molar-refractivity contribution in [1.29, 1.82) is 0 Å². The molecule has 2 heterocycles. The number of thiazole rings is 1. The zero-order valence-electron chi connectivity index (χ0n) is 14.4. The van der Waals surface area contributed by atoms with Gasteiger partial charge < -0.3 is 4.42 Å². The van der Waals surface area contributed by atoms with Gasteiger partial charge in [-0.3, -0.25) is 10.1 Å². The van der Waals surface area contributed by atoms with Crippen molar-refractivity contribution in [3.8, 4) is 0 Å². The maximum absolute atomic E-state index is 12.5. The fourth-order valence-electron chi connectivity index (χ4n) is 2.63. The Labute approximate surface area is 162 Å². The summed E-state index contributed by atoms with van der Waals surface area (Å²) >= 11 is 1.10. The highest BCUT2D eigenvalue weighted by atomic mass is 32.2. The molecule has 2 N–H and O–H groups in total. The molecule has 0 saturated heterocycles. The van der Waals surface area contributed by atoms with E-state index >= 15 is 0 Å². The van der Waals surface area contributed by atoms with Crippen LogP contribution < -0.4 is 15.7 Å². The number of nitrogens with zero attached hydrogens (tertiary/aromatic N) is 1. The fraction of sp³-hybridized carbons (Fsp3) is 0.0556. The summed E-state index contributed by atoms with van der Waals surface area (Å²) in [5, 5.41) is 3.43. The standard InChI is InChI=1S/C18H13N3O5S2/c1-19-28(24,25)11-6-7-13-15(9-11)27-18(20-13)21-16(22)12-8-10-4-2-3-5-14(10)26-17(12)23/h2-9,19H,1H3,(H,20,21,22). The Balaban J connectivity index is 1.67. The minimum absolute atomic E-state index is 0.0965. The molecule has 28 heavy (non-hydrogen) atoms. The molecule has 0 aliphatic carbocycles. The Morgan fingerprint density at radius 3 is 2.71 bits per heavy atom. The second kappa shape index (κ2) is 6.82. The maximum Gasteiger partial charge on any atom is 0.349 e. The van der Waals surface area contributed by atoms with Crippen molar-refractivity contribution < 1.29 is 17.6 Å². The number of nitrogens with one attached hydrogen (secondary N) is 2. The van der Waals surface area contributed by atoms with E-state index in [9.17, 15) is 18.0 Å². The highest BCUT2D eigenvalue weighted by Gasteiger charge is 2.17. The van der Waals surface area contributed by atoms with Crippen LogP contribution in [0.1, 0.15) is 10.4 Å². The summed E-state index contributed by atoms with van der Waals surface area (Å²) in [5.41, 5.74) is 0.0272. The van der Waals surface area contributed by atoms with Crippen LogP contribution in [0, 0.1) is 0 Å². The van der Waals surface area contributed by atoms with Crippen molar-refractivity contribution in [2.24, 2.45) is 0 Å². The van der Waals surface area contributed by atoms with Crippen LogP contribution >= 0.6 is 11.3 Å². The number of aromatic nitrogens is 1. The zero-order valence-corrected chi connectivity index (χ0v) is 16.1. The first kappa shape index (κ1) is 18.3. The molecule has 0 atom stereocenters. The fourth-order valence-corrected chi connectivity index (χ4v) is 4.36. The third-order valence-electron chi connectivity index (χ3n) is 4.05. The molecule has 10 heteroatoms. The molecule has 142 valence electrons. The van der Waals surface area contributed by atoms with Crippen molar-refractivity contribution in [3.05, 3.63) is 64.5 Å². The lowest BCUT2D eigenvalue weighted by Gasteiger charge is -2.02. The van der Waals surface area contributed by atoms with E-state index in [-0.39, 0.29) is 15.6 Å². The van der Waals surface area contributed by atoms with Crippen LogP contribution in [0.3, 0.4) is 0 Å². The van der Waals surface area contributed by atoms with Crippen molar-refractivity contribution in [2.45, 2.75) is 4.90 Å². The molecule has 2 aromatic heterocycles. The number of carbonyl (C=O) groups is 1. The molecule has 0 saturated carbocycles. The van der Waals surface area contributed by atoms with Gasteiger partial charge in [0.2, 0.25) is 10.0 Å². The van der Waals surface area contributed by atoms with Gasteiger partial charge in [0, 0.05) is 5.39 Å². The molecule has 0 unspecified atom stereocenters. The Hall–Kier alpha value is -3.08. The summed E-state index contributed by atoms with van der Waals surface area (Å²) in [5.74, 6) is -0.651. The van der Waals surface area contributed by atoms with E-state index in [0.717, 1.165) is 11.3 Å². The summed E-state index contributed by atoms with van der Waals surface area (Å²) in [4.78, 5) is 29.0. The highest BCUT2D eigenvalue weighted by Crippen LogP contribution is 2.28. The van der Waals surface area contributed by atoms with E-state index < -0.39 is 21.6 Å². The van der Waals surface area contributed by atoms with Crippen molar-refractivity contribution in [1.82, 2.24) is 9.71 Å². The summed E-state index contributed by atoms with van der Waals surface area (Å²) in [6, 6.07) is 12.8. The molecule has 0 aliphatic heterocycles. The van der Waals surface area contributed by atoms with Crippen LogP contribution in [0.5, 0.6) is 0 Å². The molecule has 4 rings (SSSR count). The number of carbonyl (C=O) groups excluding carboxylic acids is 1. The largest absolute Gasteiger partial charge is 0.422 e. The van der Waals surface area contributed by atoms with Gasteiger partial charge in [-0.2, -0.15) is 0 Å². The molecule has 4 aromatic rings. The lowest BCUT2D eigenvalue weighted by Crippen LogP contribution is -2.20. The molecule has 0 radical (unpaired) electrons. The molecule has 0 bridgehead atoms. The van der Waals surface area contributed by atoms with E-state index in [1.807, 2.05) is 0 Å². The molecule has 0 fully saturated rings. The van der Waals surface area contributed by atoms with Gasteiger partial charge in [0.25, 0.3) is 5.91 Å². The average molecular weight is 415 g/mol.